The lowest BCUT2D eigenvalue weighted by atomic mass is 10.1. The quantitative estimate of drug-likeness (QED) is 0.494. The minimum Gasteiger partial charge on any atom is -0.299 e. The van der Waals surface area contributed by atoms with Gasteiger partial charge in [-0.2, -0.15) is 0 Å². The van der Waals surface area contributed by atoms with Crippen LogP contribution < -0.4 is 9.62 Å². The zero-order chi connectivity index (χ0) is 22.8. The minimum absolute atomic E-state index is 0.243. The summed E-state index contributed by atoms with van der Waals surface area (Å²) in [5, 5.41) is 12.7. The molecule has 0 bridgehead atoms. The number of hydrogen-bond donors (Lipinski definition) is 1. The van der Waals surface area contributed by atoms with Crippen LogP contribution in [0.5, 0.6) is 0 Å². The van der Waals surface area contributed by atoms with Crippen LogP contribution >= 0.6 is 34.5 Å². The first-order valence-corrected chi connectivity index (χ1v) is 12.7. The van der Waals surface area contributed by atoms with E-state index in [9.17, 15) is 13.2 Å². The van der Waals surface area contributed by atoms with Gasteiger partial charge in [-0.3, -0.25) is 14.4 Å². The van der Waals surface area contributed by atoms with Crippen molar-refractivity contribution in [2.75, 3.05) is 15.9 Å². The second-order valence-corrected chi connectivity index (χ2v) is 10.5. The number of amides is 1. The van der Waals surface area contributed by atoms with Gasteiger partial charge in [0.1, 0.15) is 11.0 Å². The molecule has 11 heteroatoms. The summed E-state index contributed by atoms with van der Waals surface area (Å²) in [6.45, 7) is 3.55. The number of sulfonamides is 1. The van der Waals surface area contributed by atoms with Crippen molar-refractivity contribution in [3.05, 3.63) is 58.1 Å². The molecule has 0 unspecified atom stereocenters. The monoisotopic (exact) mass is 498 g/mol. The van der Waals surface area contributed by atoms with Crippen LogP contribution in [0.3, 0.4) is 0 Å². The minimum atomic E-state index is -3.77. The Kier molecular flexibility index (Phi) is 7.20. The van der Waals surface area contributed by atoms with E-state index in [1.807, 2.05) is 6.92 Å². The van der Waals surface area contributed by atoms with Crippen LogP contribution in [0, 0.1) is 6.92 Å². The molecule has 1 aromatic heterocycles. The third kappa shape index (κ3) is 5.54. The topological polar surface area (TPSA) is 92.3 Å². The van der Waals surface area contributed by atoms with Gasteiger partial charge in [-0.25, -0.2) is 8.42 Å². The maximum Gasteiger partial charge on any atom is 0.250 e. The van der Waals surface area contributed by atoms with Crippen molar-refractivity contribution in [3.63, 3.8) is 0 Å². The molecule has 3 rings (SSSR count). The summed E-state index contributed by atoms with van der Waals surface area (Å²) in [6.07, 6.45) is 1.30. The summed E-state index contributed by atoms with van der Waals surface area (Å²) in [6, 6.07) is 11.0. The summed E-state index contributed by atoms with van der Waals surface area (Å²) >= 11 is 13.3. The number of hydrogen-bond acceptors (Lipinski definition) is 6. The first-order valence-electron chi connectivity index (χ1n) is 9.26. The number of carbonyl (C=O) groups is 1. The van der Waals surface area contributed by atoms with Crippen LogP contribution in [0.25, 0.3) is 10.6 Å². The Morgan fingerprint density at radius 2 is 1.84 bits per heavy atom. The molecule has 0 aliphatic heterocycles. The molecule has 7 nitrogen and oxygen atoms in total. The number of aryl methyl sites for hydroxylation is 1. The number of aromatic nitrogens is 2. The Bertz CT molecular complexity index is 1200. The summed E-state index contributed by atoms with van der Waals surface area (Å²) < 4.78 is 26.2. The standard InChI is InChI=1S/C20H20Cl2N4O3S2/c1-4-17(26(31(3,28)29)15-10-5-12(2)16(22)11-15)18(27)23-20-25-24-19(30-20)13-6-8-14(21)9-7-13/h5-11,17H,4H2,1-3H3,(H,23,25,27)/t17-/m1/s1. The van der Waals surface area contributed by atoms with Gasteiger partial charge in [-0.15, -0.1) is 10.2 Å². The Labute approximate surface area is 195 Å². The molecular weight excluding hydrogens is 479 g/mol. The van der Waals surface area contributed by atoms with E-state index >= 15 is 0 Å². The maximum atomic E-state index is 13.0. The highest BCUT2D eigenvalue weighted by Crippen LogP contribution is 2.30. The normalized spacial score (nSPS) is 12.4. The van der Waals surface area contributed by atoms with E-state index in [-0.39, 0.29) is 11.6 Å². The van der Waals surface area contributed by atoms with Gasteiger partial charge in [0.15, 0.2) is 0 Å². The molecule has 0 spiro atoms. The van der Waals surface area contributed by atoms with Crippen molar-refractivity contribution < 1.29 is 13.2 Å². The zero-order valence-electron chi connectivity index (χ0n) is 17.0. The largest absolute Gasteiger partial charge is 0.299 e. The van der Waals surface area contributed by atoms with E-state index in [1.54, 1.807) is 43.3 Å². The van der Waals surface area contributed by atoms with Crippen molar-refractivity contribution in [3.8, 4) is 10.6 Å². The average Bonchev–Trinajstić information content (AvgIpc) is 3.16. The summed E-state index contributed by atoms with van der Waals surface area (Å²) in [7, 11) is -3.77. The van der Waals surface area contributed by atoms with Crippen molar-refractivity contribution >= 4 is 61.3 Å². The van der Waals surface area contributed by atoms with Crippen molar-refractivity contribution in [1.82, 2.24) is 10.2 Å². The molecule has 0 aliphatic carbocycles. The lowest BCUT2D eigenvalue weighted by Gasteiger charge is -2.30. The zero-order valence-corrected chi connectivity index (χ0v) is 20.1. The van der Waals surface area contributed by atoms with Crippen LogP contribution in [0.1, 0.15) is 18.9 Å². The summed E-state index contributed by atoms with van der Waals surface area (Å²) in [5.41, 5.74) is 1.93. The van der Waals surface area contributed by atoms with Crippen LogP contribution in [0.4, 0.5) is 10.8 Å². The first-order chi connectivity index (χ1) is 14.6. The molecule has 2 aromatic carbocycles. The number of carbonyl (C=O) groups excluding carboxylic acids is 1. The van der Waals surface area contributed by atoms with Gasteiger partial charge < -0.3 is 0 Å². The second-order valence-electron chi connectivity index (χ2n) is 6.82. The number of rotatable bonds is 7. The lowest BCUT2D eigenvalue weighted by molar-refractivity contribution is -0.117. The molecule has 0 radical (unpaired) electrons. The Morgan fingerprint density at radius 1 is 1.16 bits per heavy atom. The molecule has 0 saturated carbocycles. The second kappa shape index (κ2) is 9.52. The molecule has 0 aliphatic rings. The van der Waals surface area contributed by atoms with Crippen LogP contribution in [-0.4, -0.2) is 36.8 Å². The summed E-state index contributed by atoms with van der Waals surface area (Å²) in [5.74, 6) is -0.511. The third-order valence-corrected chi connectivity index (χ3v) is 7.21. The van der Waals surface area contributed by atoms with E-state index in [0.29, 0.717) is 20.7 Å². The highest BCUT2D eigenvalue weighted by Gasteiger charge is 2.32. The predicted molar refractivity (Wildman–Crippen MR) is 127 cm³/mol. The van der Waals surface area contributed by atoms with Crippen molar-refractivity contribution in [1.29, 1.82) is 0 Å². The van der Waals surface area contributed by atoms with Gasteiger partial charge in [-0.1, -0.05) is 59.7 Å². The van der Waals surface area contributed by atoms with Crippen molar-refractivity contribution in [2.24, 2.45) is 0 Å². The number of anilines is 2. The molecule has 1 amide bonds. The predicted octanol–water partition coefficient (Wildman–Crippen LogP) is 5.00. The number of nitrogens with zero attached hydrogens (tertiary/aromatic N) is 3. The van der Waals surface area contributed by atoms with Crippen LogP contribution in [0.2, 0.25) is 10.0 Å². The highest BCUT2D eigenvalue weighted by atomic mass is 35.5. The van der Waals surface area contributed by atoms with E-state index in [2.05, 4.69) is 15.5 Å². The SMILES string of the molecule is CC[C@H](C(=O)Nc1nnc(-c2ccc(Cl)cc2)s1)N(c1ccc(C)c(Cl)c1)S(C)(=O)=O. The molecule has 1 heterocycles. The van der Waals surface area contributed by atoms with E-state index in [4.69, 9.17) is 23.2 Å². The Morgan fingerprint density at radius 3 is 2.42 bits per heavy atom. The fourth-order valence-corrected chi connectivity index (χ4v) is 5.21. The fraction of sp³-hybridized carbons (Fsp3) is 0.250. The van der Waals surface area contributed by atoms with Gasteiger partial charge in [-0.05, 0) is 43.2 Å². The van der Waals surface area contributed by atoms with Gasteiger partial charge in [0.25, 0.3) is 0 Å². The van der Waals surface area contributed by atoms with E-state index in [0.717, 1.165) is 21.7 Å². The number of halogens is 2. The first kappa shape index (κ1) is 23.5. The molecule has 1 atom stereocenters. The average molecular weight is 499 g/mol. The number of nitrogens with one attached hydrogen (secondary N) is 1. The Balaban J connectivity index is 1.87. The van der Waals surface area contributed by atoms with E-state index in [1.165, 1.54) is 17.4 Å². The van der Waals surface area contributed by atoms with Crippen LogP contribution in [-0.2, 0) is 14.8 Å². The maximum absolute atomic E-state index is 13.0. The Hall–Kier alpha value is -2.20. The highest BCUT2D eigenvalue weighted by molar-refractivity contribution is 7.92. The molecular formula is C20H20Cl2N4O3S2. The lowest BCUT2D eigenvalue weighted by Crippen LogP contribution is -2.47. The molecule has 164 valence electrons. The summed E-state index contributed by atoms with van der Waals surface area (Å²) in [4.78, 5) is 13.0. The molecule has 3 aromatic rings. The fourth-order valence-electron chi connectivity index (χ4n) is 2.95. The molecule has 0 fully saturated rings. The van der Waals surface area contributed by atoms with Crippen LogP contribution in [0.15, 0.2) is 42.5 Å². The number of benzene rings is 2. The van der Waals surface area contributed by atoms with Gasteiger partial charge in [0, 0.05) is 15.6 Å². The molecule has 0 saturated heterocycles. The van der Waals surface area contributed by atoms with Gasteiger partial charge >= 0.3 is 0 Å². The molecule has 31 heavy (non-hydrogen) atoms. The van der Waals surface area contributed by atoms with Gasteiger partial charge in [0.2, 0.25) is 21.1 Å². The molecule has 1 N–H and O–H groups in total. The van der Waals surface area contributed by atoms with Gasteiger partial charge in [0.05, 0.1) is 11.9 Å². The third-order valence-electron chi connectivity index (χ3n) is 4.49. The smallest absolute Gasteiger partial charge is 0.250 e. The van der Waals surface area contributed by atoms with Crippen molar-refractivity contribution in [2.45, 2.75) is 26.3 Å². The van der Waals surface area contributed by atoms with E-state index < -0.39 is 22.0 Å².